The lowest BCUT2D eigenvalue weighted by Crippen LogP contribution is -2.63. The Kier molecular flexibility index (Phi) is 13.3. The molecule has 5 rings (SSSR count). The minimum absolute atomic E-state index is 0.212. The van der Waals surface area contributed by atoms with Crippen LogP contribution in [-0.2, 0) is 50.9 Å². The Bertz CT molecular complexity index is 1630. The second-order valence-corrected chi connectivity index (χ2v) is 12.3. The van der Waals surface area contributed by atoms with Crippen molar-refractivity contribution >= 4 is 29.7 Å². The third-order valence-electron chi connectivity index (χ3n) is 8.72. The quantitative estimate of drug-likeness (QED) is 0.166. The molecule has 12 heteroatoms. The number of anilines is 1. The van der Waals surface area contributed by atoms with Crippen molar-refractivity contribution in [2.24, 2.45) is 11.8 Å². The predicted molar refractivity (Wildman–Crippen MR) is 184 cm³/mol. The lowest BCUT2D eigenvalue weighted by atomic mass is 9.92. The molecule has 0 saturated carbocycles. The van der Waals surface area contributed by atoms with Gasteiger partial charge in [-0.25, -0.2) is 9.59 Å². The maximum atomic E-state index is 14.0. The van der Waals surface area contributed by atoms with E-state index >= 15 is 0 Å². The van der Waals surface area contributed by atoms with Gasteiger partial charge in [0.1, 0.15) is 6.10 Å². The number of methoxy groups -OCH3 is 1. The summed E-state index contributed by atoms with van der Waals surface area (Å²) in [5.41, 5.74) is 2.43. The van der Waals surface area contributed by atoms with Crippen molar-refractivity contribution in [1.29, 1.82) is 0 Å². The molecule has 3 aromatic carbocycles. The third kappa shape index (κ3) is 10.0. The van der Waals surface area contributed by atoms with Gasteiger partial charge in [0, 0.05) is 12.8 Å². The van der Waals surface area contributed by atoms with Crippen molar-refractivity contribution in [2.45, 2.75) is 63.3 Å². The first-order valence-corrected chi connectivity index (χ1v) is 17.0. The van der Waals surface area contributed by atoms with Crippen LogP contribution in [0.2, 0.25) is 0 Å². The van der Waals surface area contributed by atoms with E-state index in [0.29, 0.717) is 25.7 Å². The normalized spacial score (nSPS) is 25.8. The summed E-state index contributed by atoms with van der Waals surface area (Å²) in [6.07, 6.45) is -2.54. The number of allylic oxidation sites excluding steroid dienone is 2. The van der Waals surface area contributed by atoms with Gasteiger partial charge in [-0.2, -0.15) is 0 Å². The maximum Gasteiger partial charge on any atom is 0.412 e. The molecule has 2 aliphatic heterocycles. The average Bonchev–Trinajstić information content (AvgIpc) is 3.14. The lowest BCUT2D eigenvalue weighted by Gasteiger charge is -2.44. The van der Waals surface area contributed by atoms with Gasteiger partial charge in [-0.05, 0) is 68.0 Å². The van der Waals surface area contributed by atoms with E-state index in [1.54, 1.807) is 6.92 Å². The molecule has 1 amide bonds. The van der Waals surface area contributed by atoms with Gasteiger partial charge < -0.3 is 33.5 Å². The first-order valence-electron chi connectivity index (χ1n) is 17.0. The molecule has 0 unspecified atom stereocenters. The van der Waals surface area contributed by atoms with Crippen LogP contribution in [0.25, 0.3) is 0 Å². The number of aliphatic hydroxyl groups excluding tert-OH is 1. The standard InChI is InChI=1S/C39H43NO11/c1-3-47-35(42)27-18-20-30(21-19-27)40-39(45)51-32-31(24-41)48-38(46-2)34-33(32)49-36(43)28(22-25-12-6-4-7-13-25)16-10-11-17-29(37(44)50-34)23-26-14-8-5-9-15-26/h4-15,18-21,28-29,31-34,38,41H,3,16-17,22-24H2,1-2H3,(H,40,45)/b11-10+/t28-,29-,31+,32+,33-,34+,38-/m0/s1. The Labute approximate surface area is 296 Å². The minimum atomic E-state index is -1.43. The van der Waals surface area contributed by atoms with Crippen molar-refractivity contribution in [3.05, 3.63) is 114 Å². The number of hydrogen-bond acceptors (Lipinski definition) is 11. The van der Waals surface area contributed by atoms with Crippen LogP contribution in [0.1, 0.15) is 41.3 Å². The van der Waals surface area contributed by atoms with Gasteiger partial charge in [0.05, 0.1) is 30.6 Å². The SMILES string of the molecule is CCOC(=O)c1ccc(NC(=O)O[C@H]2[C@@H]3OC(=O)[C@H](Cc4ccccc4)C/C=C/C[C@@H](Cc4ccccc4)C(=O)O[C@H]3[C@@H](OC)O[C@@H]2CO)cc1. The van der Waals surface area contributed by atoms with E-state index in [1.807, 2.05) is 72.8 Å². The zero-order chi connectivity index (χ0) is 36.2. The van der Waals surface area contributed by atoms with Gasteiger partial charge in [0.15, 0.2) is 24.6 Å². The van der Waals surface area contributed by atoms with Gasteiger partial charge in [-0.15, -0.1) is 0 Å². The van der Waals surface area contributed by atoms with Crippen molar-refractivity contribution in [3.63, 3.8) is 0 Å². The molecule has 270 valence electrons. The summed E-state index contributed by atoms with van der Waals surface area (Å²) in [6.45, 7) is 1.26. The molecule has 3 aromatic rings. The summed E-state index contributed by atoms with van der Waals surface area (Å²) in [4.78, 5) is 53.2. The highest BCUT2D eigenvalue weighted by atomic mass is 16.7. The van der Waals surface area contributed by atoms with E-state index in [9.17, 15) is 24.3 Å². The number of ether oxygens (including phenoxy) is 6. The van der Waals surface area contributed by atoms with Crippen LogP contribution in [0.5, 0.6) is 0 Å². The minimum Gasteiger partial charge on any atom is -0.462 e. The third-order valence-corrected chi connectivity index (χ3v) is 8.72. The zero-order valence-corrected chi connectivity index (χ0v) is 28.6. The monoisotopic (exact) mass is 701 g/mol. The highest BCUT2D eigenvalue weighted by molar-refractivity contribution is 5.91. The summed E-state index contributed by atoms with van der Waals surface area (Å²) < 4.78 is 34.5. The van der Waals surface area contributed by atoms with Crippen molar-refractivity contribution in [3.8, 4) is 0 Å². The van der Waals surface area contributed by atoms with E-state index in [1.165, 1.54) is 31.4 Å². The largest absolute Gasteiger partial charge is 0.462 e. The van der Waals surface area contributed by atoms with E-state index in [4.69, 9.17) is 28.4 Å². The molecular weight excluding hydrogens is 658 g/mol. The molecule has 51 heavy (non-hydrogen) atoms. The van der Waals surface area contributed by atoms with Crippen molar-refractivity contribution < 1.29 is 52.7 Å². The maximum absolute atomic E-state index is 14.0. The Morgan fingerprint density at radius 3 is 1.86 bits per heavy atom. The molecule has 1 fully saturated rings. The van der Waals surface area contributed by atoms with Crippen molar-refractivity contribution in [1.82, 2.24) is 0 Å². The number of esters is 3. The van der Waals surface area contributed by atoms with Crippen LogP contribution >= 0.6 is 0 Å². The average molecular weight is 702 g/mol. The van der Waals surface area contributed by atoms with Gasteiger partial charge >= 0.3 is 24.0 Å². The van der Waals surface area contributed by atoms with Gasteiger partial charge in [-0.3, -0.25) is 14.9 Å². The summed E-state index contributed by atoms with van der Waals surface area (Å²) in [5.74, 6) is -2.97. The molecule has 2 N–H and O–H groups in total. The molecular formula is C39H43NO11. The highest BCUT2D eigenvalue weighted by Gasteiger charge is 2.53. The number of benzene rings is 3. The van der Waals surface area contributed by atoms with Crippen LogP contribution < -0.4 is 5.32 Å². The highest BCUT2D eigenvalue weighted by Crippen LogP contribution is 2.32. The smallest absolute Gasteiger partial charge is 0.412 e. The number of rotatable bonds is 10. The number of fused-ring (bicyclic) bond motifs is 1. The molecule has 0 aromatic heterocycles. The molecule has 2 aliphatic rings. The van der Waals surface area contributed by atoms with Crippen LogP contribution in [0, 0.1) is 11.8 Å². The predicted octanol–water partition coefficient (Wildman–Crippen LogP) is 5.04. The summed E-state index contributed by atoms with van der Waals surface area (Å²) >= 11 is 0. The van der Waals surface area contributed by atoms with Crippen LogP contribution in [-0.4, -0.2) is 80.1 Å². The fraction of sp³-hybridized carbons (Fsp3) is 0.385. The Balaban J connectivity index is 1.45. The van der Waals surface area contributed by atoms with Gasteiger partial charge in [0.2, 0.25) is 0 Å². The summed E-state index contributed by atoms with van der Waals surface area (Å²) in [5, 5.41) is 13.0. The second-order valence-electron chi connectivity index (χ2n) is 12.3. The molecule has 1 saturated heterocycles. The first-order chi connectivity index (χ1) is 24.8. The molecule has 0 spiro atoms. The van der Waals surface area contributed by atoms with Crippen LogP contribution in [0.4, 0.5) is 10.5 Å². The van der Waals surface area contributed by atoms with E-state index in [0.717, 1.165) is 11.1 Å². The Hall–Kier alpha value is -5.04. The molecule has 0 bridgehead atoms. The number of amides is 1. The number of nitrogens with one attached hydrogen (secondary N) is 1. The molecule has 0 aliphatic carbocycles. The van der Waals surface area contributed by atoms with Crippen LogP contribution in [0.15, 0.2) is 97.1 Å². The van der Waals surface area contributed by atoms with Gasteiger partial charge in [-0.1, -0.05) is 72.8 Å². The number of carbonyl (C=O) groups is 4. The number of hydrogen-bond donors (Lipinski definition) is 2. The fourth-order valence-electron chi connectivity index (χ4n) is 6.10. The number of carbonyl (C=O) groups excluding carboxylic acids is 4. The fourth-order valence-corrected chi connectivity index (χ4v) is 6.10. The molecule has 2 heterocycles. The zero-order valence-electron chi connectivity index (χ0n) is 28.6. The number of aliphatic hydroxyl groups is 1. The van der Waals surface area contributed by atoms with E-state index in [2.05, 4.69) is 5.32 Å². The van der Waals surface area contributed by atoms with E-state index in [-0.39, 0.29) is 17.9 Å². The first kappa shape index (κ1) is 37.2. The molecule has 7 atom stereocenters. The van der Waals surface area contributed by atoms with Crippen molar-refractivity contribution in [2.75, 3.05) is 25.6 Å². The Morgan fingerprint density at radius 1 is 0.804 bits per heavy atom. The lowest BCUT2D eigenvalue weighted by molar-refractivity contribution is -0.300. The molecule has 12 nitrogen and oxygen atoms in total. The van der Waals surface area contributed by atoms with Gasteiger partial charge in [0.25, 0.3) is 0 Å². The summed E-state index contributed by atoms with van der Waals surface area (Å²) in [7, 11) is 1.33. The Morgan fingerprint density at radius 2 is 1.35 bits per heavy atom. The topological polar surface area (TPSA) is 156 Å². The molecule has 0 radical (unpaired) electrons. The second kappa shape index (κ2) is 18.3. The summed E-state index contributed by atoms with van der Waals surface area (Å²) in [6, 6.07) is 25.0. The van der Waals surface area contributed by atoms with E-state index < -0.39 is 73.1 Å². The van der Waals surface area contributed by atoms with Crippen LogP contribution in [0.3, 0.4) is 0 Å².